The van der Waals surface area contributed by atoms with E-state index in [4.69, 9.17) is 21.8 Å². The highest BCUT2D eigenvalue weighted by atomic mass is 35.5. The Hall–Kier alpha value is -1.93. The molecule has 1 aromatic carbocycles. The number of halogens is 3. The number of amides is 2. The first kappa shape index (κ1) is 17.1. The number of carbonyl (C=O) groups excluding carboxylic acids is 1. The fourth-order valence-corrected chi connectivity index (χ4v) is 1.73. The van der Waals surface area contributed by atoms with Crippen molar-refractivity contribution in [3.8, 4) is 0 Å². The molecule has 1 rings (SSSR count). The van der Waals surface area contributed by atoms with Gasteiger partial charge in [0.1, 0.15) is 0 Å². The van der Waals surface area contributed by atoms with E-state index < -0.39 is 31.6 Å². The average molecular weight is 323 g/mol. The van der Waals surface area contributed by atoms with Gasteiger partial charge >= 0.3 is 12.0 Å². The van der Waals surface area contributed by atoms with Crippen molar-refractivity contribution in [1.29, 1.82) is 0 Å². The van der Waals surface area contributed by atoms with Gasteiger partial charge in [0.05, 0.1) is 23.7 Å². The Morgan fingerprint density at radius 2 is 2.05 bits per heavy atom. The quantitative estimate of drug-likeness (QED) is 0.748. The number of aromatic carboxylic acids is 1. The van der Waals surface area contributed by atoms with Crippen molar-refractivity contribution in [2.45, 2.75) is 6.43 Å². The van der Waals surface area contributed by atoms with E-state index in [0.717, 1.165) is 11.0 Å². The molecule has 3 N–H and O–H groups in total. The number of carboxylic acid groups (broad SMARTS) is 1. The molecule has 9 heteroatoms. The number of aliphatic hydroxyl groups excluding tert-OH is 1. The smallest absolute Gasteiger partial charge is 0.337 e. The number of urea groups is 1. The highest BCUT2D eigenvalue weighted by Crippen LogP contribution is 2.21. The monoisotopic (exact) mass is 322 g/mol. The summed E-state index contributed by atoms with van der Waals surface area (Å²) in [6, 6.07) is 2.85. The Morgan fingerprint density at radius 1 is 1.38 bits per heavy atom. The number of hydrogen-bond donors (Lipinski definition) is 3. The van der Waals surface area contributed by atoms with Crippen LogP contribution >= 0.6 is 11.6 Å². The Bertz CT molecular complexity index is 528. The molecule has 0 aliphatic heterocycles. The molecular weight excluding hydrogens is 310 g/mol. The summed E-state index contributed by atoms with van der Waals surface area (Å²) in [6.07, 6.45) is -2.75. The first-order valence-electron chi connectivity index (χ1n) is 5.83. The molecule has 0 heterocycles. The standard InChI is InChI=1S/C12H13ClF2N2O4/c13-9-2-1-7(5-8(9)11(19)20)16-12(21)17(3-4-18)6-10(14)15/h1-2,5,10,18H,3-4,6H2,(H,16,21)(H,19,20). The Balaban J connectivity index is 2.85. The molecule has 0 bridgehead atoms. The summed E-state index contributed by atoms with van der Waals surface area (Å²) in [7, 11) is 0. The van der Waals surface area contributed by atoms with E-state index in [1.807, 2.05) is 0 Å². The summed E-state index contributed by atoms with van der Waals surface area (Å²) in [6.45, 7) is -1.58. The van der Waals surface area contributed by atoms with Gasteiger partial charge in [0.15, 0.2) is 0 Å². The predicted octanol–water partition coefficient (Wildman–Crippen LogP) is 2.13. The summed E-state index contributed by atoms with van der Waals surface area (Å²) < 4.78 is 24.7. The van der Waals surface area contributed by atoms with Gasteiger partial charge in [-0.1, -0.05) is 11.6 Å². The summed E-state index contributed by atoms with van der Waals surface area (Å²) in [5.41, 5.74) is -0.129. The van der Waals surface area contributed by atoms with Crippen LogP contribution in [0.2, 0.25) is 5.02 Å². The molecule has 2 amide bonds. The second-order valence-electron chi connectivity index (χ2n) is 3.99. The average Bonchev–Trinajstić information content (AvgIpc) is 2.39. The number of nitrogens with zero attached hydrogens (tertiary/aromatic N) is 1. The lowest BCUT2D eigenvalue weighted by Gasteiger charge is -2.21. The number of carbonyl (C=O) groups is 2. The van der Waals surface area contributed by atoms with E-state index in [2.05, 4.69) is 5.32 Å². The van der Waals surface area contributed by atoms with Crippen LogP contribution in [0.25, 0.3) is 0 Å². The molecule has 116 valence electrons. The Kier molecular flexibility index (Phi) is 6.32. The van der Waals surface area contributed by atoms with Gasteiger partial charge in [0.2, 0.25) is 0 Å². The number of rotatable bonds is 6. The topological polar surface area (TPSA) is 89.9 Å². The molecule has 0 radical (unpaired) electrons. The van der Waals surface area contributed by atoms with E-state index in [1.54, 1.807) is 0 Å². The third-order valence-electron chi connectivity index (χ3n) is 2.46. The van der Waals surface area contributed by atoms with Gasteiger partial charge in [-0.3, -0.25) is 0 Å². The second kappa shape index (κ2) is 7.75. The highest BCUT2D eigenvalue weighted by molar-refractivity contribution is 6.33. The maximum Gasteiger partial charge on any atom is 0.337 e. The lowest BCUT2D eigenvalue weighted by molar-refractivity contribution is 0.0697. The van der Waals surface area contributed by atoms with Crippen LogP contribution in [0.3, 0.4) is 0 Å². The molecule has 0 saturated heterocycles. The van der Waals surface area contributed by atoms with Crippen molar-refractivity contribution >= 4 is 29.3 Å². The maximum atomic E-state index is 12.3. The minimum Gasteiger partial charge on any atom is -0.478 e. The van der Waals surface area contributed by atoms with Gasteiger partial charge in [-0.15, -0.1) is 0 Å². The molecule has 21 heavy (non-hydrogen) atoms. The van der Waals surface area contributed by atoms with E-state index in [0.29, 0.717) is 0 Å². The number of alkyl halides is 2. The normalized spacial score (nSPS) is 10.5. The summed E-state index contributed by atoms with van der Waals surface area (Å²) in [5, 5.41) is 19.9. The zero-order valence-corrected chi connectivity index (χ0v) is 11.5. The van der Waals surface area contributed by atoms with Gasteiger partial charge in [0.25, 0.3) is 6.43 Å². The molecular formula is C12H13ClF2N2O4. The summed E-state index contributed by atoms with van der Waals surface area (Å²) >= 11 is 5.67. The minimum atomic E-state index is -2.75. The molecule has 6 nitrogen and oxygen atoms in total. The van der Waals surface area contributed by atoms with Crippen LogP contribution in [-0.4, -0.2) is 53.2 Å². The summed E-state index contributed by atoms with van der Waals surface area (Å²) in [4.78, 5) is 23.4. The Morgan fingerprint density at radius 3 is 2.57 bits per heavy atom. The van der Waals surface area contributed by atoms with E-state index in [1.165, 1.54) is 12.1 Å². The zero-order valence-electron chi connectivity index (χ0n) is 10.7. The molecule has 0 aromatic heterocycles. The van der Waals surface area contributed by atoms with Gasteiger partial charge < -0.3 is 20.4 Å². The highest BCUT2D eigenvalue weighted by Gasteiger charge is 2.18. The SMILES string of the molecule is O=C(O)c1cc(NC(=O)N(CCO)CC(F)F)ccc1Cl. The Labute approximate surface area is 123 Å². The summed E-state index contributed by atoms with van der Waals surface area (Å²) in [5.74, 6) is -1.28. The molecule has 0 fully saturated rings. The van der Waals surface area contributed by atoms with E-state index in [-0.39, 0.29) is 22.8 Å². The number of hydrogen-bond acceptors (Lipinski definition) is 3. The third-order valence-corrected chi connectivity index (χ3v) is 2.79. The molecule has 1 aromatic rings. The van der Waals surface area contributed by atoms with Gasteiger partial charge in [-0.2, -0.15) is 0 Å². The van der Waals surface area contributed by atoms with E-state index >= 15 is 0 Å². The van der Waals surface area contributed by atoms with Crippen LogP contribution in [0, 0.1) is 0 Å². The molecule has 0 atom stereocenters. The van der Waals surface area contributed by atoms with Crippen molar-refractivity contribution in [3.63, 3.8) is 0 Å². The lowest BCUT2D eigenvalue weighted by atomic mass is 10.2. The van der Waals surface area contributed by atoms with Crippen molar-refractivity contribution in [2.24, 2.45) is 0 Å². The van der Waals surface area contributed by atoms with Crippen LogP contribution < -0.4 is 5.32 Å². The van der Waals surface area contributed by atoms with Crippen LogP contribution in [-0.2, 0) is 0 Å². The zero-order chi connectivity index (χ0) is 16.0. The number of anilines is 1. The molecule has 0 saturated carbocycles. The van der Waals surface area contributed by atoms with Crippen molar-refractivity contribution < 1.29 is 28.6 Å². The lowest BCUT2D eigenvalue weighted by Crippen LogP contribution is -2.40. The first-order chi connectivity index (χ1) is 9.85. The second-order valence-corrected chi connectivity index (χ2v) is 4.40. The number of carboxylic acids is 1. The number of nitrogens with one attached hydrogen (secondary N) is 1. The fourth-order valence-electron chi connectivity index (χ4n) is 1.53. The van der Waals surface area contributed by atoms with Gasteiger partial charge in [0, 0.05) is 12.2 Å². The van der Waals surface area contributed by atoms with Gasteiger partial charge in [-0.05, 0) is 18.2 Å². The fraction of sp³-hybridized carbons (Fsp3) is 0.333. The predicted molar refractivity (Wildman–Crippen MR) is 72.1 cm³/mol. The molecule has 0 spiro atoms. The molecule has 0 aliphatic carbocycles. The molecule has 0 unspecified atom stereocenters. The molecule has 0 aliphatic rings. The van der Waals surface area contributed by atoms with Crippen molar-refractivity contribution in [3.05, 3.63) is 28.8 Å². The van der Waals surface area contributed by atoms with Gasteiger partial charge in [-0.25, -0.2) is 18.4 Å². The van der Waals surface area contributed by atoms with Crippen molar-refractivity contribution in [1.82, 2.24) is 4.90 Å². The van der Waals surface area contributed by atoms with E-state index in [9.17, 15) is 18.4 Å². The minimum absolute atomic E-state index is 0.0136. The van der Waals surface area contributed by atoms with Crippen LogP contribution in [0.1, 0.15) is 10.4 Å². The van der Waals surface area contributed by atoms with Crippen LogP contribution in [0.15, 0.2) is 18.2 Å². The first-order valence-corrected chi connectivity index (χ1v) is 6.20. The maximum absolute atomic E-state index is 12.3. The number of benzene rings is 1. The van der Waals surface area contributed by atoms with Crippen LogP contribution in [0.5, 0.6) is 0 Å². The van der Waals surface area contributed by atoms with Crippen LogP contribution in [0.4, 0.5) is 19.3 Å². The van der Waals surface area contributed by atoms with Crippen molar-refractivity contribution in [2.75, 3.05) is 25.0 Å². The largest absolute Gasteiger partial charge is 0.478 e. The third kappa shape index (κ3) is 5.16. The number of aliphatic hydroxyl groups is 1.